The van der Waals surface area contributed by atoms with Crippen LogP contribution >= 0.6 is 0 Å². The van der Waals surface area contributed by atoms with Gasteiger partial charge < -0.3 is 28.9 Å². The number of alkyl halides is 1. The van der Waals surface area contributed by atoms with E-state index in [4.69, 9.17) is 19.2 Å². The lowest BCUT2D eigenvalue weighted by Crippen LogP contribution is -2.46. The zero-order chi connectivity index (χ0) is 26.3. The highest BCUT2D eigenvalue weighted by Crippen LogP contribution is 2.39. The average molecular weight is 521 g/mol. The van der Waals surface area contributed by atoms with Crippen molar-refractivity contribution in [2.75, 3.05) is 51.8 Å². The van der Waals surface area contributed by atoms with Crippen molar-refractivity contribution in [1.29, 1.82) is 0 Å². The van der Waals surface area contributed by atoms with Crippen molar-refractivity contribution in [2.24, 2.45) is 4.99 Å². The Kier molecular flexibility index (Phi) is 7.03. The van der Waals surface area contributed by atoms with E-state index >= 15 is 4.39 Å². The van der Waals surface area contributed by atoms with Gasteiger partial charge >= 0.3 is 5.97 Å². The van der Waals surface area contributed by atoms with Gasteiger partial charge in [0.15, 0.2) is 12.0 Å². The van der Waals surface area contributed by atoms with Crippen LogP contribution in [0.5, 0.6) is 0 Å². The molecule has 0 radical (unpaired) electrons. The number of amidine groups is 1. The number of likely N-dealkylation sites (tertiary alicyclic amines) is 1. The van der Waals surface area contributed by atoms with Crippen molar-refractivity contribution >= 4 is 17.5 Å². The number of aliphatic imine (C=N–C) groups is 1. The maximum absolute atomic E-state index is 15.5. The fourth-order valence-electron chi connectivity index (χ4n) is 5.30. The van der Waals surface area contributed by atoms with Crippen molar-refractivity contribution < 1.29 is 32.2 Å². The van der Waals surface area contributed by atoms with Gasteiger partial charge in [-0.3, -0.25) is 0 Å². The fraction of sp³-hybridized carbons (Fsp3) is 0.538. The zero-order valence-electron chi connectivity index (χ0n) is 21.1. The van der Waals surface area contributed by atoms with E-state index in [1.807, 2.05) is 19.0 Å². The van der Waals surface area contributed by atoms with Crippen molar-refractivity contribution in [3.63, 3.8) is 0 Å². The summed E-state index contributed by atoms with van der Waals surface area (Å²) in [4.78, 5) is 22.5. The number of hydrogen-bond donors (Lipinski definition) is 0. The van der Waals surface area contributed by atoms with Crippen LogP contribution in [-0.2, 0) is 19.0 Å². The van der Waals surface area contributed by atoms with Crippen LogP contribution in [0, 0.1) is 11.6 Å². The number of dihydropyridines is 1. The molecule has 0 N–H and O–H groups in total. The van der Waals surface area contributed by atoms with E-state index in [2.05, 4.69) is 0 Å². The minimum atomic E-state index is -1.53. The number of hydrogen-bond acceptors (Lipinski definition) is 8. The maximum atomic E-state index is 15.5. The molecule has 1 aromatic rings. The quantitative estimate of drug-likeness (QED) is 0.437. The van der Waals surface area contributed by atoms with Crippen LogP contribution < -0.4 is 4.90 Å². The van der Waals surface area contributed by atoms with Crippen LogP contribution in [0.1, 0.15) is 19.8 Å². The molecule has 4 atom stereocenters. The molecule has 0 aliphatic carbocycles. The first kappa shape index (κ1) is 25.7. The molecular formula is C26H31F3N4O4. The number of ether oxygens (including phenoxy) is 3. The molecule has 0 saturated carbocycles. The van der Waals surface area contributed by atoms with Gasteiger partial charge in [0.1, 0.15) is 23.6 Å². The summed E-state index contributed by atoms with van der Waals surface area (Å²) in [5.74, 6) is -2.76. The lowest BCUT2D eigenvalue weighted by molar-refractivity contribution is -0.155. The van der Waals surface area contributed by atoms with Gasteiger partial charge in [0.25, 0.3) is 0 Å². The molecule has 0 amide bonds. The third-order valence-corrected chi connectivity index (χ3v) is 6.87. The molecule has 0 bridgehead atoms. The van der Waals surface area contributed by atoms with E-state index in [9.17, 15) is 13.6 Å². The van der Waals surface area contributed by atoms with E-state index in [0.717, 1.165) is 18.7 Å². The van der Waals surface area contributed by atoms with Crippen LogP contribution in [0.15, 0.2) is 46.6 Å². The Morgan fingerprint density at radius 2 is 2.14 bits per heavy atom. The molecular weight excluding hydrogens is 489 g/mol. The Morgan fingerprint density at radius 3 is 2.86 bits per heavy atom. The number of benzene rings is 1. The first-order valence-corrected chi connectivity index (χ1v) is 12.4. The van der Waals surface area contributed by atoms with Crippen molar-refractivity contribution in [2.45, 2.75) is 44.0 Å². The number of esters is 1. The van der Waals surface area contributed by atoms with Gasteiger partial charge in [0.05, 0.1) is 37.1 Å². The maximum Gasteiger partial charge on any atom is 0.335 e. The first-order valence-electron chi connectivity index (χ1n) is 12.4. The Balaban J connectivity index is 1.44. The second kappa shape index (κ2) is 10.1. The lowest BCUT2D eigenvalue weighted by atomic mass is 9.94. The highest BCUT2D eigenvalue weighted by Gasteiger charge is 2.49. The van der Waals surface area contributed by atoms with Gasteiger partial charge in [-0.2, -0.15) is 0 Å². The largest absolute Gasteiger partial charge is 0.463 e. The van der Waals surface area contributed by atoms with E-state index in [1.54, 1.807) is 11.8 Å². The summed E-state index contributed by atoms with van der Waals surface area (Å²) in [5, 5.41) is 0. The zero-order valence-corrected chi connectivity index (χ0v) is 21.1. The van der Waals surface area contributed by atoms with E-state index < -0.39 is 35.7 Å². The first-order chi connectivity index (χ1) is 17.7. The van der Waals surface area contributed by atoms with Crippen LogP contribution in [0.25, 0.3) is 0 Å². The number of fused-ring (bicyclic) bond motifs is 1. The van der Waals surface area contributed by atoms with Crippen molar-refractivity contribution in [3.05, 3.63) is 53.3 Å². The Hall–Kier alpha value is -2.89. The van der Waals surface area contributed by atoms with Gasteiger partial charge in [-0.15, -0.1) is 0 Å². The number of carbonyl (C=O) groups excluding carboxylic acids is 1. The molecule has 11 heteroatoms. The second-order valence-corrected chi connectivity index (χ2v) is 9.95. The van der Waals surface area contributed by atoms with Gasteiger partial charge in [0, 0.05) is 38.2 Å². The highest BCUT2D eigenvalue weighted by molar-refractivity contribution is 5.93. The molecule has 4 heterocycles. The van der Waals surface area contributed by atoms with Crippen LogP contribution in [0.2, 0.25) is 0 Å². The molecule has 4 aliphatic rings. The molecule has 0 aromatic heterocycles. The topological polar surface area (TPSA) is 66.8 Å². The van der Waals surface area contributed by atoms with Gasteiger partial charge in [-0.05, 0) is 44.8 Å². The monoisotopic (exact) mass is 520 g/mol. The Bertz CT molecular complexity index is 1160. The molecule has 4 aliphatic heterocycles. The molecule has 5 rings (SSSR count). The normalized spacial score (nSPS) is 29.4. The molecule has 37 heavy (non-hydrogen) atoms. The van der Waals surface area contributed by atoms with Gasteiger partial charge in [0.2, 0.25) is 0 Å². The number of likely N-dealkylation sites (N-methyl/N-ethyl adjacent to an activating group) is 1. The molecule has 200 valence electrons. The molecule has 1 spiro atoms. The van der Waals surface area contributed by atoms with Gasteiger partial charge in [-0.1, -0.05) is 0 Å². The van der Waals surface area contributed by atoms with E-state index in [0.29, 0.717) is 31.7 Å². The molecule has 2 saturated heterocycles. The summed E-state index contributed by atoms with van der Waals surface area (Å²) >= 11 is 0. The molecule has 1 aromatic carbocycles. The van der Waals surface area contributed by atoms with Crippen LogP contribution in [0.3, 0.4) is 0 Å². The summed E-state index contributed by atoms with van der Waals surface area (Å²) < 4.78 is 61.4. The fourth-order valence-corrected chi connectivity index (χ4v) is 5.30. The summed E-state index contributed by atoms with van der Waals surface area (Å²) in [7, 11) is 3.93. The summed E-state index contributed by atoms with van der Waals surface area (Å²) in [6.07, 6.45) is 1.15. The SMILES string of the molecule is CCOC(=O)C1=CN(c2ccc(F)cc2F)C2N=C(N3CCC4(C3)OCC(CN(C)C)O4)C(F)C=C2C1. The minimum absolute atomic E-state index is 0.0195. The number of anilines is 1. The third kappa shape index (κ3) is 5.12. The Labute approximate surface area is 214 Å². The van der Waals surface area contributed by atoms with Crippen molar-refractivity contribution in [3.8, 4) is 0 Å². The standard InChI is InChI=1S/C26H31F3N4O4/c1-4-35-25(34)17-9-16-10-21(29)24(30-23(16)33(12-17)22-6-5-18(27)11-20(22)28)32-8-7-26(15-32)36-14-19(37-26)13-31(2)3/h5-6,10-12,19,21,23H,4,7-9,13-15H2,1-3H3. The number of carbonyl (C=O) groups is 1. The summed E-state index contributed by atoms with van der Waals surface area (Å²) in [6, 6.07) is 3.17. The Morgan fingerprint density at radius 1 is 1.32 bits per heavy atom. The van der Waals surface area contributed by atoms with Gasteiger partial charge in [-0.25, -0.2) is 23.0 Å². The third-order valence-electron chi connectivity index (χ3n) is 6.87. The van der Waals surface area contributed by atoms with E-state index in [1.165, 1.54) is 23.2 Å². The van der Waals surface area contributed by atoms with Crippen LogP contribution in [-0.4, -0.2) is 92.8 Å². The van der Waals surface area contributed by atoms with Crippen LogP contribution in [0.4, 0.5) is 18.9 Å². The molecule has 4 unspecified atom stereocenters. The smallest absolute Gasteiger partial charge is 0.335 e. The summed E-state index contributed by atoms with van der Waals surface area (Å²) in [6.45, 7) is 3.82. The highest BCUT2D eigenvalue weighted by atomic mass is 19.1. The molecule has 8 nitrogen and oxygen atoms in total. The predicted octanol–water partition coefficient (Wildman–Crippen LogP) is 3.00. The number of halogens is 3. The minimum Gasteiger partial charge on any atom is -0.463 e. The van der Waals surface area contributed by atoms with Crippen molar-refractivity contribution in [1.82, 2.24) is 9.80 Å². The molecule has 2 fully saturated rings. The summed E-state index contributed by atoms with van der Waals surface area (Å²) in [5.41, 5.74) is 0.753. The predicted molar refractivity (Wildman–Crippen MR) is 131 cm³/mol. The lowest BCUT2D eigenvalue weighted by Gasteiger charge is -2.39. The average Bonchev–Trinajstić information content (AvgIpc) is 3.43. The number of nitrogens with zero attached hydrogens (tertiary/aromatic N) is 4. The van der Waals surface area contributed by atoms with E-state index in [-0.39, 0.29) is 36.2 Å². The number of rotatable bonds is 5. The second-order valence-electron chi connectivity index (χ2n) is 9.95.